The molecule has 1 aromatic rings. The molecule has 1 aromatic carbocycles. The molecule has 16 heteroatoms. The van der Waals surface area contributed by atoms with Gasteiger partial charge in [-0.3, -0.25) is 14.4 Å². The minimum atomic E-state index is -5.08. The third-order valence-electron chi connectivity index (χ3n) is 7.81. The van der Waals surface area contributed by atoms with Crippen LogP contribution in [0.3, 0.4) is 0 Å². The Morgan fingerprint density at radius 3 is 2.11 bits per heavy atom. The summed E-state index contributed by atoms with van der Waals surface area (Å²) in [5, 5.41) is 12.4. The molecule has 1 aliphatic carbocycles. The number of benzene rings is 1. The Hall–Kier alpha value is -3.40. The SMILES string of the molecule is CCC(=O)NC(C(=O)N1CCN(C)CC1)C(C)c1ccc(NC(=O)C(N)C2CCC(F)(F)CC2)c(F)c1.O=C(O)C(F)(F)F. The topological polar surface area (TPSA) is 145 Å². The summed E-state index contributed by atoms with van der Waals surface area (Å²) in [6, 6.07) is 2.32. The van der Waals surface area contributed by atoms with Crippen LogP contribution in [-0.4, -0.2) is 96.0 Å². The van der Waals surface area contributed by atoms with Crippen molar-refractivity contribution in [3.8, 4) is 0 Å². The molecule has 2 aliphatic rings. The highest BCUT2D eigenvalue weighted by Crippen LogP contribution is 2.37. The van der Waals surface area contributed by atoms with E-state index in [-0.39, 0.29) is 49.6 Å². The van der Waals surface area contributed by atoms with Crippen LogP contribution < -0.4 is 16.4 Å². The summed E-state index contributed by atoms with van der Waals surface area (Å²) in [4.78, 5) is 50.8. The summed E-state index contributed by atoms with van der Waals surface area (Å²) in [5.41, 5.74) is 6.40. The number of carbonyl (C=O) groups excluding carboxylic acids is 3. The zero-order chi connectivity index (χ0) is 33.4. The molecular formula is C28H39F6N5O5. The van der Waals surface area contributed by atoms with E-state index in [4.69, 9.17) is 15.6 Å². The van der Waals surface area contributed by atoms with E-state index in [2.05, 4.69) is 15.5 Å². The van der Waals surface area contributed by atoms with Crippen LogP contribution in [0.2, 0.25) is 0 Å². The van der Waals surface area contributed by atoms with Gasteiger partial charge in [-0.1, -0.05) is 19.9 Å². The highest BCUT2D eigenvalue weighted by Gasteiger charge is 2.39. The van der Waals surface area contributed by atoms with E-state index in [1.807, 2.05) is 7.05 Å². The number of carboxylic acids is 1. The smallest absolute Gasteiger partial charge is 0.475 e. The second-order valence-corrected chi connectivity index (χ2v) is 11.1. The Balaban J connectivity index is 0.000000860. The van der Waals surface area contributed by atoms with E-state index in [0.717, 1.165) is 13.1 Å². The predicted molar refractivity (Wildman–Crippen MR) is 148 cm³/mol. The van der Waals surface area contributed by atoms with Gasteiger partial charge < -0.3 is 31.3 Å². The summed E-state index contributed by atoms with van der Waals surface area (Å²) in [7, 11) is 1.98. The molecular weight excluding hydrogens is 600 g/mol. The fourth-order valence-electron chi connectivity index (χ4n) is 4.86. The van der Waals surface area contributed by atoms with Gasteiger partial charge in [0.15, 0.2) is 0 Å². The van der Waals surface area contributed by atoms with Crippen molar-refractivity contribution in [3.05, 3.63) is 29.6 Å². The zero-order valence-corrected chi connectivity index (χ0v) is 24.7. The zero-order valence-electron chi connectivity index (χ0n) is 24.7. The summed E-state index contributed by atoms with van der Waals surface area (Å²) in [6.07, 6.45) is -5.25. The standard InChI is InChI=1S/C26H38F3N5O3.C2HF3O2/c1-4-21(35)32-23(25(37)34-13-11-33(3)12-14-34)16(2)18-5-6-20(19(27)15-18)31-24(36)22(30)17-7-9-26(28,29)10-8-17;3-2(4,5)1(6)7/h5-6,15-17,22-23H,4,7-14,30H2,1-3H3,(H,31,36)(H,32,35);(H,6,7). The summed E-state index contributed by atoms with van der Waals surface area (Å²) < 4.78 is 73.6. The maximum Gasteiger partial charge on any atom is 0.490 e. The lowest BCUT2D eigenvalue weighted by Gasteiger charge is -2.36. The third kappa shape index (κ3) is 10.6. The Bertz CT molecular complexity index is 1170. The molecule has 5 N–H and O–H groups in total. The molecule has 1 heterocycles. The van der Waals surface area contributed by atoms with Crippen LogP contribution in [0.15, 0.2) is 18.2 Å². The number of halogens is 6. The van der Waals surface area contributed by atoms with E-state index >= 15 is 4.39 Å². The van der Waals surface area contributed by atoms with Crippen molar-refractivity contribution in [2.75, 3.05) is 38.5 Å². The van der Waals surface area contributed by atoms with Gasteiger partial charge in [-0.05, 0) is 43.5 Å². The number of alkyl halides is 5. The van der Waals surface area contributed by atoms with E-state index in [0.29, 0.717) is 18.7 Å². The maximum atomic E-state index is 15.0. The molecule has 3 atom stereocenters. The van der Waals surface area contributed by atoms with Crippen LogP contribution in [0.1, 0.15) is 57.4 Å². The summed E-state index contributed by atoms with van der Waals surface area (Å²) in [5.74, 6) is -8.26. The van der Waals surface area contributed by atoms with Gasteiger partial charge >= 0.3 is 12.1 Å². The summed E-state index contributed by atoms with van der Waals surface area (Å²) >= 11 is 0. The first-order valence-electron chi connectivity index (χ1n) is 14.2. The van der Waals surface area contributed by atoms with E-state index < -0.39 is 53.7 Å². The number of nitrogens with zero attached hydrogens (tertiary/aromatic N) is 2. The molecule has 1 saturated heterocycles. The summed E-state index contributed by atoms with van der Waals surface area (Å²) in [6.45, 7) is 5.97. The molecule has 3 amide bonds. The van der Waals surface area contributed by atoms with Crippen LogP contribution in [-0.2, 0) is 19.2 Å². The minimum absolute atomic E-state index is 0.0860. The number of carbonyl (C=O) groups is 4. The number of amides is 3. The van der Waals surface area contributed by atoms with Crippen molar-refractivity contribution >= 4 is 29.4 Å². The number of hydrogen-bond acceptors (Lipinski definition) is 6. The number of likely N-dealkylation sites (N-methyl/N-ethyl adjacent to an activating group) is 1. The number of aliphatic carboxylic acids is 1. The van der Waals surface area contributed by atoms with Crippen molar-refractivity contribution in [3.63, 3.8) is 0 Å². The fourth-order valence-corrected chi connectivity index (χ4v) is 4.86. The number of nitrogens with one attached hydrogen (secondary N) is 2. The van der Waals surface area contributed by atoms with E-state index in [1.54, 1.807) is 24.8 Å². The molecule has 1 aliphatic heterocycles. The van der Waals surface area contributed by atoms with Gasteiger partial charge in [0.25, 0.3) is 0 Å². The largest absolute Gasteiger partial charge is 0.490 e. The van der Waals surface area contributed by atoms with Gasteiger partial charge in [0.05, 0.1) is 11.7 Å². The average molecular weight is 640 g/mol. The number of nitrogens with two attached hydrogens (primary N) is 1. The number of rotatable bonds is 8. The second kappa shape index (κ2) is 15.5. The molecule has 0 bridgehead atoms. The second-order valence-electron chi connectivity index (χ2n) is 11.1. The van der Waals surface area contributed by atoms with Crippen molar-refractivity contribution < 1.29 is 50.6 Å². The van der Waals surface area contributed by atoms with Gasteiger partial charge in [0, 0.05) is 51.4 Å². The first-order valence-corrected chi connectivity index (χ1v) is 14.2. The first kappa shape index (κ1) is 36.8. The van der Waals surface area contributed by atoms with Gasteiger partial charge in [-0.2, -0.15) is 13.2 Å². The number of carboxylic acid groups (broad SMARTS) is 1. The maximum absolute atomic E-state index is 15.0. The highest BCUT2D eigenvalue weighted by molar-refractivity contribution is 5.95. The molecule has 2 fully saturated rings. The molecule has 1 saturated carbocycles. The molecule has 0 spiro atoms. The number of piperazine rings is 1. The molecule has 10 nitrogen and oxygen atoms in total. The van der Waals surface area contributed by atoms with Gasteiger partial charge in [0.2, 0.25) is 23.6 Å². The molecule has 0 radical (unpaired) electrons. The quantitative estimate of drug-likeness (QED) is 0.320. The van der Waals surface area contributed by atoms with Crippen molar-refractivity contribution in [2.45, 2.75) is 76.1 Å². The normalized spacial score (nSPS) is 19.5. The van der Waals surface area contributed by atoms with Gasteiger partial charge in [0.1, 0.15) is 11.9 Å². The molecule has 0 aromatic heterocycles. The minimum Gasteiger partial charge on any atom is -0.475 e. The third-order valence-corrected chi connectivity index (χ3v) is 7.81. The Morgan fingerprint density at radius 2 is 1.64 bits per heavy atom. The predicted octanol–water partition coefficient (Wildman–Crippen LogP) is 3.32. The first-order chi connectivity index (χ1) is 20.4. The van der Waals surface area contributed by atoms with E-state index in [9.17, 15) is 36.3 Å². The van der Waals surface area contributed by atoms with E-state index in [1.165, 1.54) is 12.1 Å². The van der Waals surface area contributed by atoms with Crippen LogP contribution in [0.4, 0.5) is 32.0 Å². The van der Waals surface area contributed by atoms with Crippen LogP contribution in [0.25, 0.3) is 0 Å². The van der Waals surface area contributed by atoms with Crippen LogP contribution in [0, 0.1) is 11.7 Å². The molecule has 3 rings (SSSR count). The lowest BCUT2D eigenvalue weighted by Crippen LogP contribution is -2.55. The Morgan fingerprint density at radius 1 is 1.09 bits per heavy atom. The Labute approximate surface area is 251 Å². The lowest BCUT2D eigenvalue weighted by atomic mass is 9.82. The molecule has 248 valence electrons. The number of anilines is 1. The van der Waals surface area contributed by atoms with Crippen LogP contribution >= 0.6 is 0 Å². The van der Waals surface area contributed by atoms with Crippen molar-refractivity contribution in [2.24, 2.45) is 11.7 Å². The van der Waals surface area contributed by atoms with Crippen LogP contribution in [0.5, 0.6) is 0 Å². The Kier molecular flexibility index (Phi) is 13.0. The molecule has 3 unspecified atom stereocenters. The average Bonchev–Trinajstić information content (AvgIpc) is 2.95. The van der Waals surface area contributed by atoms with Crippen molar-refractivity contribution in [1.29, 1.82) is 0 Å². The fraction of sp³-hybridized carbons (Fsp3) is 0.643. The number of hydrogen-bond donors (Lipinski definition) is 4. The lowest BCUT2D eigenvalue weighted by molar-refractivity contribution is -0.192. The monoisotopic (exact) mass is 639 g/mol. The van der Waals surface area contributed by atoms with Gasteiger partial charge in [-0.25, -0.2) is 18.0 Å². The van der Waals surface area contributed by atoms with Gasteiger partial charge in [-0.15, -0.1) is 0 Å². The molecule has 44 heavy (non-hydrogen) atoms. The highest BCUT2D eigenvalue weighted by atomic mass is 19.4. The van der Waals surface area contributed by atoms with Crippen molar-refractivity contribution in [1.82, 2.24) is 15.1 Å².